The largest absolute Gasteiger partial charge is 0.375 e. The molecular formula is C22H20FN3O3. The molecule has 29 heavy (non-hydrogen) atoms. The van der Waals surface area contributed by atoms with E-state index in [9.17, 15) is 19.3 Å². The normalized spacial score (nSPS) is 10.4. The van der Waals surface area contributed by atoms with Gasteiger partial charge >= 0.3 is 0 Å². The molecule has 0 aliphatic heterocycles. The van der Waals surface area contributed by atoms with E-state index in [4.69, 9.17) is 0 Å². The summed E-state index contributed by atoms with van der Waals surface area (Å²) in [5.74, 6) is -0.712. The molecule has 0 aliphatic carbocycles. The Hall–Kier alpha value is -3.74. The van der Waals surface area contributed by atoms with E-state index in [2.05, 4.69) is 10.6 Å². The van der Waals surface area contributed by atoms with Crippen LogP contribution in [-0.4, -0.2) is 17.4 Å². The second-order valence-corrected chi connectivity index (χ2v) is 6.46. The third-order valence-electron chi connectivity index (χ3n) is 4.39. The highest BCUT2D eigenvalue weighted by Crippen LogP contribution is 2.26. The summed E-state index contributed by atoms with van der Waals surface area (Å²) in [5.41, 5.74) is 2.28. The quantitative estimate of drug-likeness (QED) is 0.441. The van der Waals surface area contributed by atoms with Crippen LogP contribution in [0, 0.1) is 15.9 Å². The van der Waals surface area contributed by atoms with Crippen LogP contribution in [0.1, 0.15) is 21.5 Å². The number of halogens is 1. The molecule has 0 spiro atoms. The van der Waals surface area contributed by atoms with Crippen LogP contribution in [0.2, 0.25) is 0 Å². The van der Waals surface area contributed by atoms with Crippen molar-refractivity contribution >= 4 is 17.3 Å². The Morgan fingerprint density at radius 3 is 2.38 bits per heavy atom. The number of nitro benzene ring substituents is 1. The van der Waals surface area contributed by atoms with Gasteiger partial charge in [0.15, 0.2) is 0 Å². The molecule has 3 aromatic carbocycles. The van der Waals surface area contributed by atoms with Gasteiger partial charge in [0.05, 0.1) is 4.92 Å². The second kappa shape index (κ2) is 9.45. The first kappa shape index (κ1) is 20.0. The lowest BCUT2D eigenvalue weighted by Gasteiger charge is -2.10. The van der Waals surface area contributed by atoms with Gasteiger partial charge in [-0.15, -0.1) is 0 Å². The van der Waals surface area contributed by atoms with Gasteiger partial charge in [-0.1, -0.05) is 42.5 Å². The highest BCUT2D eigenvalue weighted by molar-refractivity contribution is 5.95. The van der Waals surface area contributed by atoms with Crippen molar-refractivity contribution in [3.05, 3.63) is 105 Å². The number of nitrogens with one attached hydrogen (secondary N) is 2. The van der Waals surface area contributed by atoms with Gasteiger partial charge in [-0.05, 0) is 41.8 Å². The summed E-state index contributed by atoms with van der Waals surface area (Å²) in [6, 6.07) is 19.9. The van der Waals surface area contributed by atoms with E-state index < -0.39 is 10.8 Å². The van der Waals surface area contributed by atoms with Gasteiger partial charge in [0.25, 0.3) is 11.6 Å². The van der Waals surface area contributed by atoms with Crippen LogP contribution in [0.3, 0.4) is 0 Å². The summed E-state index contributed by atoms with van der Waals surface area (Å²) in [4.78, 5) is 23.3. The van der Waals surface area contributed by atoms with Crippen LogP contribution in [0.15, 0.2) is 72.8 Å². The van der Waals surface area contributed by atoms with Crippen LogP contribution >= 0.6 is 0 Å². The molecule has 0 heterocycles. The zero-order chi connectivity index (χ0) is 20.6. The molecule has 0 radical (unpaired) electrons. The predicted molar refractivity (Wildman–Crippen MR) is 109 cm³/mol. The van der Waals surface area contributed by atoms with E-state index in [0.29, 0.717) is 25.2 Å². The standard InChI is InChI=1S/C22H20FN3O3/c23-19-9-6-16(7-10-19)12-13-24-22(27)18-8-11-20(21(14-18)26(28)29)25-15-17-4-2-1-3-5-17/h1-11,14,25H,12-13,15H2,(H,24,27). The van der Waals surface area contributed by atoms with Crippen LogP contribution in [0.25, 0.3) is 0 Å². The number of carbonyl (C=O) groups excluding carboxylic acids is 1. The van der Waals surface area contributed by atoms with E-state index in [1.807, 2.05) is 30.3 Å². The van der Waals surface area contributed by atoms with Crippen LogP contribution in [0.4, 0.5) is 15.8 Å². The van der Waals surface area contributed by atoms with Gasteiger partial charge in [0.2, 0.25) is 0 Å². The van der Waals surface area contributed by atoms with Crippen LogP contribution < -0.4 is 10.6 Å². The molecule has 148 valence electrons. The summed E-state index contributed by atoms with van der Waals surface area (Å²) in [7, 11) is 0. The second-order valence-electron chi connectivity index (χ2n) is 6.46. The van der Waals surface area contributed by atoms with Gasteiger partial charge in [0.1, 0.15) is 11.5 Å². The van der Waals surface area contributed by atoms with Gasteiger partial charge < -0.3 is 10.6 Å². The Morgan fingerprint density at radius 2 is 1.69 bits per heavy atom. The van der Waals surface area contributed by atoms with Crippen LogP contribution in [0.5, 0.6) is 0 Å². The van der Waals surface area contributed by atoms with E-state index >= 15 is 0 Å². The Bertz CT molecular complexity index is 992. The first-order chi connectivity index (χ1) is 14.0. The number of anilines is 1. The fourth-order valence-corrected chi connectivity index (χ4v) is 2.84. The lowest BCUT2D eigenvalue weighted by atomic mass is 10.1. The minimum atomic E-state index is -0.511. The lowest BCUT2D eigenvalue weighted by Crippen LogP contribution is -2.25. The van der Waals surface area contributed by atoms with E-state index in [1.54, 1.807) is 18.2 Å². The number of rotatable bonds is 8. The van der Waals surface area contributed by atoms with Crippen LogP contribution in [-0.2, 0) is 13.0 Å². The van der Waals surface area contributed by atoms with Gasteiger partial charge in [0, 0.05) is 24.7 Å². The fourth-order valence-electron chi connectivity index (χ4n) is 2.84. The summed E-state index contributed by atoms with van der Waals surface area (Å²) in [6.07, 6.45) is 0.533. The van der Waals surface area contributed by atoms with Gasteiger partial charge in [-0.25, -0.2) is 4.39 Å². The molecule has 0 aliphatic rings. The third kappa shape index (κ3) is 5.62. The lowest BCUT2D eigenvalue weighted by molar-refractivity contribution is -0.384. The number of hydrogen-bond acceptors (Lipinski definition) is 4. The van der Waals surface area contributed by atoms with E-state index in [0.717, 1.165) is 11.1 Å². The smallest absolute Gasteiger partial charge is 0.293 e. The summed E-state index contributed by atoms with van der Waals surface area (Å²) in [6.45, 7) is 0.775. The molecule has 7 heteroatoms. The number of amides is 1. The molecular weight excluding hydrogens is 373 g/mol. The fraction of sp³-hybridized carbons (Fsp3) is 0.136. The average Bonchev–Trinajstić information content (AvgIpc) is 2.74. The minimum Gasteiger partial charge on any atom is -0.375 e. The Morgan fingerprint density at radius 1 is 0.966 bits per heavy atom. The third-order valence-corrected chi connectivity index (χ3v) is 4.39. The molecule has 2 N–H and O–H groups in total. The maximum Gasteiger partial charge on any atom is 0.293 e. The Kier molecular flexibility index (Phi) is 6.52. The minimum absolute atomic E-state index is 0.160. The Labute approximate surface area is 167 Å². The Balaban J connectivity index is 1.62. The molecule has 0 fully saturated rings. The highest BCUT2D eigenvalue weighted by atomic mass is 19.1. The van der Waals surface area contributed by atoms with Crippen molar-refractivity contribution in [2.24, 2.45) is 0 Å². The molecule has 6 nitrogen and oxygen atoms in total. The zero-order valence-electron chi connectivity index (χ0n) is 15.6. The van der Waals surface area contributed by atoms with Crippen molar-refractivity contribution in [2.45, 2.75) is 13.0 Å². The topological polar surface area (TPSA) is 84.3 Å². The molecule has 1 amide bonds. The van der Waals surface area contributed by atoms with Crippen molar-refractivity contribution in [3.63, 3.8) is 0 Å². The molecule has 0 saturated carbocycles. The zero-order valence-corrected chi connectivity index (χ0v) is 15.6. The molecule has 3 rings (SSSR count). The van der Waals surface area contributed by atoms with E-state index in [1.165, 1.54) is 24.3 Å². The molecule has 0 unspecified atom stereocenters. The highest BCUT2D eigenvalue weighted by Gasteiger charge is 2.17. The van der Waals surface area contributed by atoms with E-state index in [-0.39, 0.29) is 17.1 Å². The van der Waals surface area contributed by atoms with Crippen molar-refractivity contribution in [1.82, 2.24) is 5.32 Å². The van der Waals surface area contributed by atoms with Gasteiger partial charge in [-0.2, -0.15) is 0 Å². The van der Waals surface area contributed by atoms with Gasteiger partial charge in [-0.3, -0.25) is 14.9 Å². The SMILES string of the molecule is O=C(NCCc1ccc(F)cc1)c1ccc(NCc2ccccc2)c([N+](=O)[O-])c1. The predicted octanol–water partition coefficient (Wildman–Crippen LogP) is 4.32. The number of nitrogens with zero attached hydrogens (tertiary/aromatic N) is 1. The number of hydrogen-bond donors (Lipinski definition) is 2. The number of benzene rings is 3. The maximum absolute atomic E-state index is 12.9. The summed E-state index contributed by atoms with van der Waals surface area (Å²) in [5, 5.41) is 17.2. The first-order valence-electron chi connectivity index (χ1n) is 9.12. The maximum atomic E-state index is 12.9. The molecule has 0 aromatic heterocycles. The summed E-state index contributed by atoms with van der Waals surface area (Å²) < 4.78 is 12.9. The van der Waals surface area contributed by atoms with Crippen molar-refractivity contribution < 1.29 is 14.1 Å². The summed E-state index contributed by atoms with van der Waals surface area (Å²) >= 11 is 0. The monoisotopic (exact) mass is 393 g/mol. The van der Waals surface area contributed by atoms with Crippen molar-refractivity contribution in [2.75, 3.05) is 11.9 Å². The number of carbonyl (C=O) groups is 1. The number of nitro groups is 1. The molecule has 0 saturated heterocycles. The average molecular weight is 393 g/mol. The first-order valence-corrected chi connectivity index (χ1v) is 9.12. The molecule has 0 bridgehead atoms. The molecule has 3 aromatic rings. The van der Waals surface area contributed by atoms with Crippen molar-refractivity contribution in [1.29, 1.82) is 0 Å². The van der Waals surface area contributed by atoms with Crippen molar-refractivity contribution in [3.8, 4) is 0 Å². The molecule has 0 atom stereocenters.